The SMILES string of the molecule is CC1(C)c2ccccc2-c2ccc(-c3ccc(N(c4ccc5ccccc5c4)c4ccccc4-c4cccc5cccc(-c6ccccc6)c45)cc3)cc21. The van der Waals surface area contributed by atoms with Gasteiger partial charge >= 0.3 is 0 Å². The predicted molar refractivity (Wildman–Crippen MR) is 230 cm³/mol. The summed E-state index contributed by atoms with van der Waals surface area (Å²) in [5.74, 6) is 0. The van der Waals surface area contributed by atoms with Gasteiger partial charge in [0.2, 0.25) is 0 Å². The molecular weight excluding hydrogens is 651 g/mol. The molecule has 1 nitrogen and oxygen atoms in total. The number of fused-ring (bicyclic) bond motifs is 5. The van der Waals surface area contributed by atoms with Gasteiger partial charge in [-0.3, -0.25) is 0 Å². The Morgan fingerprint density at radius 2 is 0.926 bits per heavy atom. The van der Waals surface area contributed by atoms with Gasteiger partial charge in [-0.1, -0.05) is 178 Å². The van der Waals surface area contributed by atoms with E-state index in [0.29, 0.717) is 0 Å². The number of para-hydroxylation sites is 1. The molecule has 0 saturated carbocycles. The molecule has 0 spiro atoms. The summed E-state index contributed by atoms with van der Waals surface area (Å²) in [6.07, 6.45) is 0. The minimum Gasteiger partial charge on any atom is -0.310 e. The van der Waals surface area contributed by atoms with Gasteiger partial charge in [0, 0.05) is 22.4 Å². The first-order valence-corrected chi connectivity index (χ1v) is 18.8. The van der Waals surface area contributed by atoms with Gasteiger partial charge in [0.25, 0.3) is 0 Å². The van der Waals surface area contributed by atoms with E-state index < -0.39 is 0 Å². The van der Waals surface area contributed by atoms with Crippen molar-refractivity contribution in [2.45, 2.75) is 19.3 Å². The second-order valence-electron chi connectivity index (χ2n) is 14.9. The molecule has 54 heavy (non-hydrogen) atoms. The summed E-state index contributed by atoms with van der Waals surface area (Å²) in [6.45, 7) is 4.70. The monoisotopic (exact) mass is 689 g/mol. The lowest BCUT2D eigenvalue weighted by Gasteiger charge is -2.29. The van der Waals surface area contributed by atoms with Crippen molar-refractivity contribution in [1.29, 1.82) is 0 Å². The highest BCUT2D eigenvalue weighted by atomic mass is 15.1. The molecule has 10 rings (SSSR count). The summed E-state index contributed by atoms with van der Waals surface area (Å²) < 4.78 is 0. The number of hydrogen-bond donors (Lipinski definition) is 0. The molecule has 0 unspecified atom stereocenters. The first-order chi connectivity index (χ1) is 26.5. The molecule has 0 N–H and O–H groups in total. The maximum absolute atomic E-state index is 2.43. The fraction of sp³-hybridized carbons (Fsp3) is 0.0566. The standard InChI is InChI=1S/C53H39N/c1-53(2)49-24-10-8-20-45(49)46-33-29-41(35-50(46)53)37-26-30-42(31-27-37)54(43-32-28-36-14-6-7-17-40(36)34-43)51-25-11-9-21-47(51)48-23-13-19-39-18-12-22-44(52(39)48)38-15-4-3-5-16-38/h3-35H,1-2H3. The van der Waals surface area contributed by atoms with Crippen molar-refractivity contribution >= 4 is 38.6 Å². The first-order valence-electron chi connectivity index (χ1n) is 18.8. The Labute approximate surface area is 317 Å². The van der Waals surface area contributed by atoms with Gasteiger partial charge in [0.15, 0.2) is 0 Å². The highest BCUT2D eigenvalue weighted by Gasteiger charge is 2.35. The minimum atomic E-state index is -0.0412. The molecule has 1 heteroatoms. The van der Waals surface area contributed by atoms with Crippen LogP contribution in [0.4, 0.5) is 17.1 Å². The van der Waals surface area contributed by atoms with E-state index in [4.69, 9.17) is 0 Å². The van der Waals surface area contributed by atoms with E-state index >= 15 is 0 Å². The van der Waals surface area contributed by atoms with Gasteiger partial charge < -0.3 is 4.90 Å². The molecule has 9 aromatic rings. The third-order valence-corrected chi connectivity index (χ3v) is 11.5. The molecule has 0 saturated heterocycles. The van der Waals surface area contributed by atoms with Crippen LogP contribution in [0.15, 0.2) is 200 Å². The zero-order chi connectivity index (χ0) is 36.2. The van der Waals surface area contributed by atoms with E-state index in [1.165, 1.54) is 77.2 Å². The van der Waals surface area contributed by atoms with Crippen molar-refractivity contribution in [1.82, 2.24) is 0 Å². The Hall–Kier alpha value is -6.70. The molecule has 0 atom stereocenters. The van der Waals surface area contributed by atoms with Crippen molar-refractivity contribution in [3.05, 3.63) is 211 Å². The van der Waals surface area contributed by atoms with Gasteiger partial charge in [-0.2, -0.15) is 0 Å². The second-order valence-corrected chi connectivity index (χ2v) is 14.9. The van der Waals surface area contributed by atoms with E-state index in [1.54, 1.807) is 0 Å². The van der Waals surface area contributed by atoms with Crippen LogP contribution in [0.25, 0.3) is 66.1 Å². The van der Waals surface area contributed by atoms with Crippen LogP contribution >= 0.6 is 0 Å². The van der Waals surface area contributed by atoms with Gasteiger partial charge in [0.05, 0.1) is 5.69 Å². The number of benzene rings is 9. The van der Waals surface area contributed by atoms with Gasteiger partial charge in [-0.05, 0) is 108 Å². The first kappa shape index (κ1) is 32.0. The van der Waals surface area contributed by atoms with Crippen LogP contribution < -0.4 is 4.90 Å². The summed E-state index contributed by atoms with van der Waals surface area (Å²) in [6, 6.07) is 73.4. The molecule has 0 fully saturated rings. The molecule has 256 valence electrons. The average Bonchev–Trinajstić information content (AvgIpc) is 3.46. The molecule has 0 aliphatic heterocycles. The zero-order valence-electron chi connectivity index (χ0n) is 30.5. The van der Waals surface area contributed by atoms with Crippen LogP contribution in [0, 0.1) is 0 Å². The molecule has 9 aromatic carbocycles. The highest BCUT2D eigenvalue weighted by Crippen LogP contribution is 2.50. The molecule has 0 radical (unpaired) electrons. The summed E-state index contributed by atoms with van der Waals surface area (Å²) in [7, 11) is 0. The van der Waals surface area contributed by atoms with E-state index in [0.717, 1.165) is 17.1 Å². The quantitative estimate of drug-likeness (QED) is 0.168. The van der Waals surface area contributed by atoms with Gasteiger partial charge in [-0.15, -0.1) is 0 Å². The number of nitrogens with zero attached hydrogens (tertiary/aromatic N) is 1. The van der Waals surface area contributed by atoms with Crippen molar-refractivity contribution in [3.63, 3.8) is 0 Å². The van der Waals surface area contributed by atoms with E-state index in [2.05, 4.69) is 219 Å². The van der Waals surface area contributed by atoms with Crippen LogP contribution in [0.5, 0.6) is 0 Å². The van der Waals surface area contributed by atoms with E-state index in [1.807, 2.05) is 0 Å². The summed E-state index contributed by atoms with van der Waals surface area (Å²) in [5.41, 5.74) is 16.1. The lowest BCUT2D eigenvalue weighted by Crippen LogP contribution is -2.14. The van der Waals surface area contributed by atoms with Crippen LogP contribution in [0.3, 0.4) is 0 Å². The Morgan fingerprint density at radius 3 is 1.74 bits per heavy atom. The minimum absolute atomic E-state index is 0.0412. The van der Waals surface area contributed by atoms with Crippen molar-refractivity contribution in [3.8, 4) is 44.5 Å². The maximum Gasteiger partial charge on any atom is 0.0540 e. The lowest BCUT2D eigenvalue weighted by molar-refractivity contribution is 0.660. The normalized spacial score (nSPS) is 12.8. The Balaban J connectivity index is 1.13. The van der Waals surface area contributed by atoms with Crippen LogP contribution in [0.2, 0.25) is 0 Å². The molecule has 0 bridgehead atoms. The fourth-order valence-corrected chi connectivity index (χ4v) is 8.75. The zero-order valence-corrected chi connectivity index (χ0v) is 30.5. The van der Waals surface area contributed by atoms with E-state index in [-0.39, 0.29) is 5.41 Å². The third-order valence-electron chi connectivity index (χ3n) is 11.5. The third kappa shape index (κ3) is 5.24. The van der Waals surface area contributed by atoms with Crippen LogP contribution in [-0.2, 0) is 5.41 Å². The van der Waals surface area contributed by atoms with Crippen LogP contribution in [0.1, 0.15) is 25.0 Å². The topological polar surface area (TPSA) is 3.24 Å². The molecule has 0 aromatic heterocycles. The van der Waals surface area contributed by atoms with Crippen molar-refractivity contribution < 1.29 is 0 Å². The molecule has 0 heterocycles. The smallest absolute Gasteiger partial charge is 0.0540 e. The predicted octanol–water partition coefficient (Wildman–Crippen LogP) is 14.8. The van der Waals surface area contributed by atoms with Gasteiger partial charge in [0.1, 0.15) is 0 Å². The van der Waals surface area contributed by atoms with Gasteiger partial charge in [-0.25, -0.2) is 0 Å². The molecule has 0 amide bonds. The number of anilines is 3. The van der Waals surface area contributed by atoms with Crippen molar-refractivity contribution in [2.24, 2.45) is 0 Å². The number of rotatable bonds is 6. The summed E-state index contributed by atoms with van der Waals surface area (Å²) in [5, 5.41) is 4.93. The molecule has 1 aliphatic rings. The van der Waals surface area contributed by atoms with Crippen molar-refractivity contribution in [2.75, 3.05) is 4.90 Å². The lowest BCUT2D eigenvalue weighted by atomic mass is 9.81. The van der Waals surface area contributed by atoms with E-state index in [9.17, 15) is 0 Å². The van der Waals surface area contributed by atoms with Crippen LogP contribution in [-0.4, -0.2) is 0 Å². The summed E-state index contributed by atoms with van der Waals surface area (Å²) >= 11 is 0. The second kappa shape index (κ2) is 12.8. The Bertz CT molecular complexity index is 2840. The average molecular weight is 690 g/mol. The Morgan fingerprint density at radius 1 is 0.333 bits per heavy atom. The maximum atomic E-state index is 2.43. The number of hydrogen-bond acceptors (Lipinski definition) is 1. The summed E-state index contributed by atoms with van der Waals surface area (Å²) in [4.78, 5) is 2.43. The highest BCUT2D eigenvalue weighted by molar-refractivity contribution is 6.09. The molecular formula is C53H39N. The fourth-order valence-electron chi connectivity index (χ4n) is 8.75. The largest absolute Gasteiger partial charge is 0.310 e. The Kier molecular flexibility index (Phi) is 7.56. The molecule has 1 aliphatic carbocycles.